The van der Waals surface area contributed by atoms with Crippen LogP contribution in [0.1, 0.15) is 5.56 Å². The van der Waals surface area contributed by atoms with Crippen molar-refractivity contribution in [2.45, 2.75) is 6.92 Å². The maximum Gasteiger partial charge on any atom is 0.155 e. The molecule has 0 unspecified atom stereocenters. The van der Waals surface area contributed by atoms with Crippen molar-refractivity contribution >= 4 is 27.6 Å². The van der Waals surface area contributed by atoms with Crippen molar-refractivity contribution in [3.05, 3.63) is 30.0 Å². The van der Waals surface area contributed by atoms with Crippen LogP contribution in [0.4, 0.5) is 5.82 Å². The number of hydrogen-bond acceptors (Lipinski definition) is 4. The molecule has 4 rings (SSSR count). The number of aromatic nitrogens is 3. The molecule has 1 fully saturated rings. The Bertz CT molecular complexity index is 799. The topological polar surface area (TPSA) is 48.1 Å². The number of anilines is 1. The van der Waals surface area contributed by atoms with E-state index in [1.54, 1.807) is 0 Å². The maximum atomic E-state index is 4.90. The van der Waals surface area contributed by atoms with Crippen molar-refractivity contribution in [1.29, 1.82) is 0 Å². The number of aryl methyl sites for hydroxylation is 1. The molecule has 1 N–H and O–H groups in total. The molecule has 1 aromatic carbocycles. The van der Waals surface area contributed by atoms with Crippen molar-refractivity contribution in [3.63, 3.8) is 0 Å². The number of hydrogen-bond donors (Lipinski definition) is 1. The first kappa shape index (κ1) is 12.6. The number of H-pyrrole nitrogens is 1. The van der Waals surface area contributed by atoms with Gasteiger partial charge in [-0.2, -0.15) is 5.10 Å². The van der Waals surface area contributed by atoms with Crippen molar-refractivity contribution < 1.29 is 0 Å². The van der Waals surface area contributed by atoms with Crippen LogP contribution >= 0.6 is 0 Å². The van der Waals surface area contributed by atoms with E-state index >= 15 is 0 Å². The number of fused-ring (bicyclic) bond motifs is 3. The van der Waals surface area contributed by atoms with E-state index < -0.39 is 0 Å². The second-order valence-corrected chi connectivity index (χ2v) is 5.91. The van der Waals surface area contributed by atoms with Crippen LogP contribution < -0.4 is 4.90 Å². The highest BCUT2D eigenvalue weighted by atomic mass is 15.3. The lowest BCUT2D eigenvalue weighted by molar-refractivity contribution is 0.312. The third kappa shape index (κ3) is 2.05. The molecule has 0 radical (unpaired) electrons. The van der Waals surface area contributed by atoms with Crippen LogP contribution in [0.5, 0.6) is 0 Å². The first-order valence-electron chi connectivity index (χ1n) is 7.39. The Morgan fingerprint density at radius 2 is 1.90 bits per heavy atom. The summed E-state index contributed by atoms with van der Waals surface area (Å²) >= 11 is 0. The van der Waals surface area contributed by atoms with Crippen LogP contribution in [0.15, 0.2) is 24.4 Å². The van der Waals surface area contributed by atoms with Crippen LogP contribution in [0, 0.1) is 6.92 Å². The molecular weight excluding hydrogens is 262 g/mol. The lowest BCUT2D eigenvalue weighted by Crippen LogP contribution is -2.44. The van der Waals surface area contributed by atoms with Crippen molar-refractivity contribution in [3.8, 4) is 0 Å². The van der Waals surface area contributed by atoms with Gasteiger partial charge in [-0.1, -0.05) is 11.6 Å². The van der Waals surface area contributed by atoms with Gasteiger partial charge in [-0.05, 0) is 26.1 Å². The van der Waals surface area contributed by atoms with Gasteiger partial charge in [-0.25, -0.2) is 4.98 Å². The molecule has 5 nitrogen and oxygen atoms in total. The molecule has 0 saturated carbocycles. The molecule has 1 aliphatic rings. The molecule has 2 aromatic heterocycles. The second-order valence-electron chi connectivity index (χ2n) is 5.91. The van der Waals surface area contributed by atoms with E-state index in [-0.39, 0.29) is 0 Å². The molecule has 1 aliphatic heterocycles. The Hall–Kier alpha value is -2.14. The predicted octanol–water partition coefficient (Wildman–Crippen LogP) is 2.17. The van der Waals surface area contributed by atoms with Gasteiger partial charge in [0.15, 0.2) is 5.82 Å². The van der Waals surface area contributed by atoms with Crippen molar-refractivity contribution in [1.82, 2.24) is 20.1 Å². The fourth-order valence-corrected chi connectivity index (χ4v) is 3.04. The molecule has 21 heavy (non-hydrogen) atoms. The standard InChI is InChI=1S/C16H19N5/c1-11-3-4-14-12(9-11)13-10-17-19-15(13)16(18-14)21-7-5-20(2)6-8-21/h3-4,9-10H,5-8H2,1-2H3,(H,17,19). The van der Waals surface area contributed by atoms with E-state index in [2.05, 4.69) is 52.2 Å². The summed E-state index contributed by atoms with van der Waals surface area (Å²) in [5, 5.41) is 9.73. The number of likely N-dealkylation sites (N-methyl/N-ethyl adjacent to an activating group) is 1. The normalized spacial score (nSPS) is 17.0. The molecule has 0 bridgehead atoms. The van der Waals surface area contributed by atoms with Gasteiger partial charge in [0.05, 0.1) is 11.7 Å². The first-order chi connectivity index (χ1) is 10.2. The van der Waals surface area contributed by atoms with Crippen molar-refractivity contribution in [2.75, 3.05) is 38.1 Å². The lowest BCUT2D eigenvalue weighted by atomic mass is 10.1. The average molecular weight is 281 g/mol. The van der Waals surface area contributed by atoms with Crippen LogP contribution in [0.2, 0.25) is 0 Å². The zero-order valence-corrected chi connectivity index (χ0v) is 12.4. The Morgan fingerprint density at radius 3 is 2.71 bits per heavy atom. The van der Waals surface area contributed by atoms with Crippen LogP contribution in [-0.2, 0) is 0 Å². The van der Waals surface area contributed by atoms with Gasteiger partial charge in [0.1, 0.15) is 5.52 Å². The number of nitrogens with one attached hydrogen (secondary N) is 1. The van der Waals surface area contributed by atoms with Gasteiger partial charge in [0, 0.05) is 37.0 Å². The molecular formula is C16H19N5. The van der Waals surface area contributed by atoms with Gasteiger partial charge in [0.2, 0.25) is 0 Å². The fraction of sp³-hybridized carbons (Fsp3) is 0.375. The molecule has 0 amide bonds. The SMILES string of the molecule is Cc1ccc2nc(N3CCN(C)CC3)c3[nH]ncc3c2c1. The molecule has 0 spiro atoms. The third-order valence-electron chi connectivity index (χ3n) is 4.33. The summed E-state index contributed by atoms with van der Waals surface area (Å²) in [5.74, 6) is 1.03. The number of benzene rings is 1. The molecule has 3 aromatic rings. The summed E-state index contributed by atoms with van der Waals surface area (Å²) in [5.41, 5.74) is 3.35. The number of nitrogens with zero attached hydrogens (tertiary/aromatic N) is 4. The number of rotatable bonds is 1. The Kier molecular flexibility index (Phi) is 2.82. The quantitative estimate of drug-likeness (QED) is 0.742. The largest absolute Gasteiger partial charge is 0.352 e. The molecule has 0 aliphatic carbocycles. The molecule has 108 valence electrons. The van der Waals surface area contributed by atoms with Crippen LogP contribution in [0.3, 0.4) is 0 Å². The average Bonchev–Trinajstić information content (AvgIpc) is 2.97. The van der Waals surface area contributed by atoms with Gasteiger partial charge in [0.25, 0.3) is 0 Å². The Balaban J connectivity index is 1.91. The summed E-state index contributed by atoms with van der Waals surface area (Å²) in [7, 11) is 2.17. The van der Waals surface area contributed by atoms with Gasteiger partial charge in [-0.15, -0.1) is 0 Å². The Labute approximate surface area is 123 Å². The van der Waals surface area contributed by atoms with E-state index in [1.807, 2.05) is 6.20 Å². The zero-order chi connectivity index (χ0) is 14.4. The summed E-state index contributed by atoms with van der Waals surface area (Å²) in [6.07, 6.45) is 1.92. The number of pyridine rings is 1. The molecule has 5 heteroatoms. The van der Waals surface area contributed by atoms with Gasteiger partial charge < -0.3 is 9.80 Å². The van der Waals surface area contributed by atoms with Crippen LogP contribution in [-0.4, -0.2) is 53.3 Å². The van der Waals surface area contributed by atoms with E-state index in [0.29, 0.717) is 0 Å². The lowest BCUT2D eigenvalue weighted by Gasteiger charge is -2.33. The second kappa shape index (κ2) is 4.70. The zero-order valence-electron chi connectivity index (χ0n) is 12.4. The Morgan fingerprint density at radius 1 is 1.10 bits per heavy atom. The van der Waals surface area contributed by atoms with Crippen molar-refractivity contribution in [2.24, 2.45) is 0 Å². The highest BCUT2D eigenvalue weighted by Gasteiger charge is 2.19. The minimum Gasteiger partial charge on any atom is -0.352 e. The van der Waals surface area contributed by atoms with Gasteiger partial charge in [-0.3, -0.25) is 5.10 Å². The summed E-state index contributed by atoms with van der Waals surface area (Å²) < 4.78 is 0. The van der Waals surface area contributed by atoms with Gasteiger partial charge >= 0.3 is 0 Å². The van der Waals surface area contributed by atoms with E-state index in [4.69, 9.17) is 4.98 Å². The summed E-state index contributed by atoms with van der Waals surface area (Å²) in [6, 6.07) is 6.42. The van der Waals surface area contributed by atoms with E-state index in [0.717, 1.165) is 48.4 Å². The monoisotopic (exact) mass is 281 g/mol. The molecule has 3 heterocycles. The highest BCUT2D eigenvalue weighted by Crippen LogP contribution is 2.30. The number of aromatic amines is 1. The predicted molar refractivity (Wildman–Crippen MR) is 85.8 cm³/mol. The fourth-order valence-electron chi connectivity index (χ4n) is 3.04. The van der Waals surface area contributed by atoms with Crippen LogP contribution in [0.25, 0.3) is 21.8 Å². The molecule has 1 saturated heterocycles. The summed E-state index contributed by atoms with van der Waals surface area (Å²) in [6.45, 7) is 6.27. The summed E-state index contributed by atoms with van der Waals surface area (Å²) in [4.78, 5) is 9.61. The van der Waals surface area contributed by atoms with E-state index in [9.17, 15) is 0 Å². The minimum atomic E-state index is 1.01. The highest BCUT2D eigenvalue weighted by molar-refractivity contribution is 6.08. The number of piperazine rings is 1. The smallest absolute Gasteiger partial charge is 0.155 e. The minimum absolute atomic E-state index is 1.01. The third-order valence-corrected chi connectivity index (χ3v) is 4.33. The molecule has 0 atom stereocenters. The first-order valence-corrected chi connectivity index (χ1v) is 7.39. The maximum absolute atomic E-state index is 4.90. The van der Waals surface area contributed by atoms with E-state index in [1.165, 1.54) is 10.9 Å².